The standard InChI is InChI=1S/C17H23NO/c1-18-17(16-13-5-2-6-14(13)16)12-7-8-15-11(10-12)4-3-9-19-15/h7-8,10,13-14,16-18H,2-6,9H2,1H3. The van der Waals surface area contributed by atoms with Crippen LogP contribution in [0.4, 0.5) is 0 Å². The van der Waals surface area contributed by atoms with E-state index in [-0.39, 0.29) is 0 Å². The smallest absolute Gasteiger partial charge is 0.122 e. The molecule has 0 bridgehead atoms. The first-order valence-corrected chi connectivity index (χ1v) is 7.81. The first-order valence-electron chi connectivity index (χ1n) is 7.81. The third kappa shape index (κ3) is 1.88. The number of fused-ring (bicyclic) bond motifs is 2. The van der Waals surface area contributed by atoms with Crippen LogP contribution in [-0.2, 0) is 6.42 Å². The second kappa shape index (κ2) is 4.52. The highest BCUT2D eigenvalue weighted by molar-refractivity contribution is 5.40. The van der Waals surface area contributed by atoms with Crippen LogP contribution >= 0.6 is 0 Å². The zero-order valence-electron chi connectivity index (χ0n) is 11.7. The van der Waals surface area contributed by atoms with Crippen molar-refractivity contribution < 1.29 is 4.74 Å². The third-order valence-corrected chi connectivity index (χ3v) is 5.46. The van der Waals surface area contributed by atoms with Crippen LogP contribution in [-0.4, -0.2) is 13.7 Å². The van der Waals surface area contributed by atoms with Gasteiger partial charge in [-0.3, -0.25) is 0 Å². The van der Waals surface area contributed by atoms with Crippen LogP contribution in [0.2, 0.25) is 0 Å². The fraction of sp³-hybridized carbons (Fsp3) is 0.647. The molecule has 1 N–H and O–H groups in total. The number of benzene rings is 1. The second-order valence-corrected chi connectivity index (χ2v) is 6.42. The summed E-state index contributed by atoms with van der Waals surface area (Å²) in [6.45, 7) is 0.884. The molecule has 3 unspecified atom stereocenters. The average Bonchev–Trinajstić information content (AvgIpc) is 2.92. The van der Waals surface area contributed by atoms with Gasteiger partial charge in [-0.25, -0.2) is 0 Å². The monoisotopic (exact) mass is 257 g/mol. The van der Waals surface area contributed by atoms with Gasteiger partial charge in [-0.1, -0.05) is 18.6 Å². The lowest BCUT2D eigenvalue weighted by molar-refractivity contribution is 0.288. The van der Waals surface area contributed by atoms with E-state index in [2.05, 4.69) is 30.6 Å². The van der Waals surface area contributed by atoms with Gasteiger partial charge >= 0.3 is 0 Å². The first-order chi connectivity index (χ1) is 9.38. The number of nitrogens with one attached hydrogen (secondary N) is 1. The minimum absolute atomic E-state index is 0.558. The highest BCUT2D eigenvalue weighted by Crippen LogP contribution is 2.62. The van der Waals surface area contributed by atoms with Crippen LogP contribution in [0.15, 0.2) is 18.2 Å². The van der Waals surface area contributed by atoms with Crippen molar-refractivity contribution in [3.8, 4) is 5.75 Å². The molecule has 1 aliphatic heterocycles. The largest absolute Gasteiger partial charge is 0.493 e. The van der Waals surface area contributed by atoms with Gasteiger partial charge in [0.15, 0.2) is 0 Å². The molecule has 1 aromatic rings. The highest BCUT2D eigenvalue weighted by atomic mass is 16.5. The minimum Gasteiger partial charge on any atom is -0.493 e. The van der Waals surface area contributed by atoms with E-state index in [1.54, 1.807) is 0 Å². The first kappa shape index (κ1) is 11.8. The van der Waals surface area contributed by atoms with Crippen molar-refractivity contribution in [2.24, 2.45) is 17.8 Å². The highest BCUT2D eigenvalue weighted by Gasteiger charge is 2.55. The van der Waals surface area contributed by atoms with Gasteiger partial charge in [-0.2, -0.15) is 0 Å². The molecule has 4 rings (SSSR count). The summed E-state index contributed by atoms with van der Waals surface area (Å²) in [5.41, 5.74) is 2.89. The van der Waals surface area contributed by atoms with Gasteiger partial charge in [0.25, 0.3) is 0 Å². The molecule has 0 radical (unpaired) electrons. The molecule has 102 valence electrons. The lowest BCUT2D eigenvalue weighted by Crippen LogP contribution is -2.21. The fourth-order valence-corrected chi connectivity index (χ4v) is 4.53. The normalized spacial score (nSPS) is 33.2. The van der Waals surface area contributed by atoms with Crippen LogP contribution < -0.4 is 10.1 Å². The molecule has 19 heavy (non-hydrogen) atoms. The number of hydrogen-bond donors (Lipinski definition) is 1. The zero-order chi connectivity index (χ0) is 12.8. The predicted molar refractivity (Wildman–Crippen MR) is 76.4 cm³/mol. The Morgan fingerprint density at radius 3 is 2.84 bits per heavy atom. The summed E-state index contributed by atoms with van der Waals surface area (Å²) in [6.07, 6.45) is 6.72. The maximum absolute atomic E-state index is 5.72. The Hall–Kier alpha value is -1.02. The summed E-state index contributed by atoms with van der Waals surface area (Å²) in [5.74, 6) is 4.01. The number of aryl methyl sites for hydroxylation is 1. The molecule has 0 amide bonds. The van der Waals surface area contributed by atoms with Gasteiger partial charge in [0.1, 0.15) is 5.75 Å². The maximum Gasteiger partial charge on any atom is 0.122 e. The van der Waals surface area contributed by atoms with Gasteiger partial charge in [0.2, 0.25) is 0 Å². The van der Waals surface area contributed by atoms with E-state index in [0.717, 1.165) is 36.5 Å². The zero-order valence-corrected chi connectivity index (χ0v) is 11.7. The topological polar surface area (TPSA) is 21.3 Å². The molecule has 2 heteroatoms. The van der Waals surface area contributed by atoms with Gasteiger partial charge in [-0.15, -0.1) is 0 Å². The van der Waals surface area contributed by atoms with E-state index in [4.69, 9.17) is 4.74 Å². The Bertz CT molecular complexity index is 474. The van der Waals surface area contributed by atoms with E-state index in [0.29, 0.717) is 6.04 Å². The Morgan fingerprint density at radius 2 is 2.05 bits per heavy atom. The van der Waals surface area contributed by atoms with E-state index in [1.807, 2.05) is 0 Å². The average molecular weight is 257 g/mol. The van der Waals surface area contributed by atoms with E-state index >= 15 is 0 Å². The molecule has 3 aliphatic rings. The third-order valence-electron chi connectivity index (χ3n) is 5.46. The molecule has 1 heterocycles. The number of ether oxygens (including phenoxy) is 1. The fourth-order valence-electron chi connectivity index (χ4n) is 4.53. The molecule has 2 nitrogen and oxygen atoms in total. The van der Waals surface area contributed by atoms with E-state index in [9.17, 15) is 0 Å². The van der Waals surface area contributed by atoms with Crippen molar-refractivity contribution >= 4 is 0 Å². The van der Waals surface area contributed by atoms with Crippen LogP contribution in [0.3, 0.4) is 0 Å². The Labute approximate surface area is 115 Å². The summed E-state index contributed by atoms with van der Waals surface area (Å²) in [6, 6.07) is 7.41. The van der Waals surface area contributed by atoms with Crippen molar-refractivity contribution in [2.45, 2.75) is 38.1 Å². The van der Waals surface area contributed by atoms with Gasteiger partial charge in [-0.05, 0) is 67.7 Å². The lowest BCUT2D eigenvalue weighted by Gasteiger charge is -2.23. The molecule has 1 aromatic carbocycles. The SMILES string of the molecule is CNC(c1ccc2c(c1)CCCO2)C1C2CCCC21. The molecule has 0 saturated heterocycles. The van der Waals surface area contributed by atoms with Crippen LogP contribution in [0.1, 0.15) is 42.9 Å². The van der Waals surface area contributed by atoms with Gasteiger partial charge in [0.05, 0.1) is 6.61 Å². The van der Waals surface area contributed by atoms with Crippen molar-refractivity contribution in [1.82, 2.24) is 5.32 Å². The number of rotatable bonds is 3. The quantitative estimate of drug-likeness (QED) is 0.897. The van der Waals surface area contributed by atoms with Crippen molar-refractivity contribution in [2.75, 3.05) is 13.7 Å². The van der Waals surface area contributed by atoms with Crippen LogP contribution in [0.5, 0.6) is 5.75 Å². The van der Waals surface area contributed by atoms with Crippen molar-refractivity contribution in [3.05, 3.63) is 29.3 Å². The Morgan fingerprint density at radius 1 is 1.21 bits per heavy atom. The van der Waals surface area contributed by atoms with Crippen LogP contribution in [0, 0.1) is 17.8 Å². The summed E-state index contributed by atoms with van der Waals surface area (Å²) < 4.78 is 5.72. The summed E-state index contributed by atoms with van der Waals surface area (Å²) >= 11 is 0. The summed E-state index contributed by atoms with van der Waals surface area (Å²) in [5, 5.41) is 3.57. The van der Waals surface area contributed by atoms with Crippen molar-refractivity contribution in [3.63, 3.8) is 0 Å². The molecule has 2 saturated carbocycles. The summed E-state index contributed by atoms with van der Waals surface area (Å²) in [7, 11) is 2.12. The predicted octanol–water partition coefficient (Wildman–Crippen LogP) is 3.32. The second-order valence-electron chi connectivity index (χ2n) is 6.42. The molecular formula is C17H23NO. The van der Waals surface area contributed by atoms with Gasteiger partial charge < -0.3 is 10.1 Å². The molecule has 0 spiro atoms. The van der Waals surface area contributed by atoms with Gasteiger partial charge in [0, 0.05) is 6.04 Å². The molecular weight excluding hydrogens is 234 g/mol. The maximum atomic E-state index is 5.72. The molecule has 2 aliphatic carbocycles. The van der Waals surface area contributed by atoms with Crippen LogP contribution in [0.25, 0.3) is 0 Å². The lowest BCUT2D eigenvalue weighted by atomic mass is 9.94. The minimum atomic E-state index is 0.558. The molecule has 3 atom stereocenters. The molecule has 0 aromatic heterocycles. The molecule has 2 fully saturated rings. The number of hydrogen-bond acceptors (Lipinski definition) is 2. The Balaban J connectivity index is 1.60. The Kier molecular flexibility index (Phi) is 2.80. The summed E-state index contributed by atoms with van der Waals surface area (Å²) in [4.78, 5) is 0. The van der Waals surface area contributed by atoms with E-state index in [1.165, 1.54) is 36.8 Å². The van der Waals surface area contributed by atoms with E-state index < -0.39 is 0 Å². The van der Waals surface area contributed by atoms with Crippen molar-refractivity contribution in [1.29, 1.82) is 0 Å².